The average molecular weight is 388 g/mol. The molecule has 0 aliphatic carbocycles. The molecule has 0 bridgehead atoms. The Morgan fingerprint density at radius 3 is 2.67 bits per heavy atom. The van der Waals surface area contributed by atoms with Crippen molar-refractivity contribution >= 4 is 38.4 Å². The Kier molecular flexibility index (Phi) is 4.65. The molecule has 0 saturated carbocycles. The number of carbonyl (C=O) groups excluding carboxylic acids is 1. The Labute approximate surface area is 159 Å². The molecule has 0 spiro atoms. The minimum absolute atomic E-state index is 0.141. The molecule has 8 heteroatoms. The van der Waals surface area contributed by atoms with Crippen LogP contribution < -0.4 is 10.2 Å². The second-order valence-electron chi connectivity index (χ2n) is 6.50. The van der Waals surface area contributed by atoms with Gasteiger partial charge in [0.15, 0.2) is 10.9 Å². The largest absolute Gasteiger partial charge is 0.345 e. The quantitative estimate of drug-likeness (QED) is 0.715. The number of nitrogens with zero attached hydrogens (tertiary/aromatic N) is 3. The van der Waals surface area contributed by atoms with Gasteiger partial charge in [-0.25, -0.2) is 18.6 Å². The van der Waals surface area contributed by atoms with E-state index in [4.69, 9.17) is 0 Å². The molecule has 4 rings (SSSR count). The van der Waals surface area contributed by atoms with E-state index in [0.717, 1.165) is 17.3 Å². The fraction of sp³-hybridized carbons (Fsp3) is 0.263. The lowest BCUT2D eigenvalue weighted by molar-refractivity contribution is 0.208. The van der Waals surface area contributed by atoms with Crippen molar-refractivity contribution < 1.29 is 13.6 Å². The Balaban J connectivity index is 1.41. The second-order valence-corrected chi connectivity index (χ2v) is 7.51. The van der Waals surface area contributed by atoms with Crippen molar-refractivity contribution in [1.29, 1.82) is 0 Å². The molecular formula is C19H18F2N4OS. The number of urea groups is 1. The highest BCUT2D eigenvalue weighted by Crippen LogP contribution is 2.31. The minimum Gasteiger partial charge on any atom is -0.345 e. The topological polar surface area (TPSA) is 48.5 Å². The van der Waals surface area contributed by atoms with E-state index in [1.54, 1.807) is 4.90 Å². The number of carbonyl (C=O) groups is 1. The highest BCUT2D eigenvalue weighted by molar-refractivity contribution is 7.22. The van der Waals surface area contributed by atoms with Crippen LogP contribution in [0.25, 0.3) is 10.2 Å². The normalized spacial score (nSPS) is 14.6. The summed E-state index contributed by atoms with van der Waals surface area (Å²) in [4.78, 5) is 20.5. The van der Waals surface area contributed by atoms with Crippen LogP contribution in [0.4, 0.5) is 24.4 Å². The van der Waals surface area contributed by atoms with Crippen molar-refractivity contribution in [3.05, 3.63) is 53.6 Å². The zero-order chi connectivity index (χ0) is 19.0. The molecule has 1 aliphatic heterocycles. The highest BCUT2D eigenvalue weighted by atomic mass is 32.1. The van der Waals surface area contributed by atoms with Crippen molar-refractivity contribution in [3.63, 3.8) is 0 Å². The number of aryl methyl sites for hydroxylation is 1. The van der Waals surface area contributed by atoms with Crippen molar-refractivity contribution in [2.75, 3.05) is 36.4 Å². The average Bonchev–Trinajstić information content (AvgIpc) is 3.06. The van der Waals surface area contributed by atoms with Crippen LogP contribution in [0.3, 0.4) is 0 Å². The second kappa shape index (κ2) is 7.11. The lowest BCUT2D eigenvalue weighted by Gasteiger charge is -2.34. The van der Waals surface area contributed by atoms with E-state index in [0.29, 0.717) is 36.0 Å². The lowest BCUT2D eigenvalue weighted by atomic mass is 10.2. The number of hydrogen-bond donors (Lipinski definition) is 1. The number of rotatable bonds is 2. The molecule has 140 valence electrons. The third-order valence-corrected chi connectivity index (χ3v) is 5.57. The van der Waals surface area contributed by atoms with Crippen LogP contribution in [0.15, 0.2) is 36.4 Å². The standard InChI is InChI=1S/C19H18F2N4OS/c1-12-3-2-4-14(9-12)22-18(26)24-5-7-25(8-6-24)19-23-17-15(21)10-13(20)11-16(17)27-19/h2-4,9-11H,5-8H2,1H3,(H,22,26). The Bertz CT molecular complexity index is 999. The first-order chi connectivity index (χ1) is 13.0. The molecule has 3 aromatic rings. The Morgan fingerprint density at radius 2 is 1.93 bits per heavy atom. The van der Waals surface area contributed by atoms with Crippen molar-refractivity contribution in [3.8, 4) is 0 Å². The SMILES string of the molecule is Cc1cccc(NC(=O)N2CCN(c3nc4c(F)cc(F)cc4s3)CC2)c1. The molecule has 0 atom stereocenters. The van der Waals surface area contributed by atoms with Crippen LogP contribution >= 0.6 is 11.3 Å². The van der Waals surface area contributed by atoms with Crippen LogP contribution in [0.1, 0.15) is 5.56 Å². The molecular weight excluding hydrogens is 370 g/mol. The molecule has 27 heavy (non-hydrogen) atoms. The fourth-order valence-corrected chi connectivity index (χ4v) is 4.16. The molecule has 2 heterocycles. The van der Waals surface area contributed by atoms with Gasteiger partial charge in [0.2, 0.25) is 0 Å². The molecule has 2 aromatic carbocycles. The van der Waals surface area contributed by atoms with Gasteiger partial charge in [0.05, 0.1) is 4.70 Å². The zero-order valence-corrected chi connectivity index (χ0v) is 15.5. The van der Waals surface area contributed by atoms with E-state index in [1.165, 1.54) is 17.4 Å². The van der Waals surface area contributed by atoms with Gasteiger partial charge in [-0.3, -0.25) is 0 Å². The van der Waals surface area contributed by atoms with Crippen molar-refractivity contribution in [1.82, 2.24) is 9.88 Å². The van der Waals surface area contributed by atoms with Crippen LogP contribution in [-0.4, -0.2) is 42.1 Å². The minimum atomic E-state index is -0.649. The number of aromatic nitrogens is 1. The smallest absolute Gasteiger partial charge is 0.321 e. The van der Waals surface area contributed by atoms with Crippen LogP contribution in [0.5, 0.6) is 0 Å². The van der Waals surface area contributed by atoms with E-state index in [1.807, 2.05) is 36.1 Å². The summed E-state index contributed by atoms with van der Waals surface area (Å²) in [6, 6.07) is 9.65. The van der Waals surface area contributed by atoms with Gasteiger partial charge in [0.1, 0.15) is 11.3 Å². The van der Waals surface area contributed by atoms with Gasteiger partial charge in [-0.15, -0.1) is 0 Å². The van der Waals surface area contributed by atoms with Gasteiger partial charge in [0.25, 0.3) is 0 Å². The molecule has 2 amide bonds. The first kappa shape index (κ1) is 17.7. The number of anilines is 2. The van der Waals surface area contributed by atoms with E-state index in [-0.39, 0.29) is 11.5 Å². The first-order valence-corrected chi connectivity index (χ1v) is 9.44. The summed E-state index contributed by atoms with van der Waals surface area (Å²) in [5.41, 5.74) is 2.04. The van der Waals surface area contributed by atoms with Gasteiger partial charge in [0, 0.05) is 37.9 Å². The maximum atomic E-state index is 13.9. The summed E-state index contributed by atoms with van der Waals surface area (Å²) in [7, 11) is 0. The van der Waals surface area contributed by atoms with E-state index < -0.39 is 11.6 Å². The van der Waals surface area contributed by atoms with E-state index in [9.17, 15) is 13.6 Å². The summed E-state index contributed by atoms with van der Waals surface area (Å²) in [5.74, 6) is -1.25. The highest BCUT2D eigenvalue weighted by Gasteiger charge is 2.24. The zero-order valence-electron chi connectivity index (χ0n) is 14.7. The number of fused-ring (bicyclic) bond motifs is 1. The predicted molar refractivity (Wildman–Crippen MR) is 104 cm³/mol. The molecule has 1 N–H and O–H groups in total. The number of halogens is 2. The number of nitrogens with one attached hydrogen (secondary N) is 1. The molecule has 1 saturated heterocycles. The van der Waals surface area contributed by atoms with E-state index in [2.05, 4.69) is 10.3 Å². The predicted octanol–water partition coefficient (Wildman–Crippen LogP) is 4.24. The third-order valence-electron chi connectivity index (χ3n) is 4.51. The lowest BCUT2D eigenvalue weighted by Crippen LogP contribution is -2.50. The molecule has 1 fully saturated rings. The third kappa shape index (κ3) is 3.71. The molecule has 1 aliphatic rings. The number of thiazole rings is 1. The van der Waals surface area contributed by atoms with Gasteiger partial charge >= 0.3 is 6.03 Å². The van der Waals surface area contributed by atoms with Gasteiger partial charge in [-0.1, -0.05) is 23.5 Å². The van der Waals surface area contributed by atoms with E-state index >= 15 is 0 Å². The first-order valence-electron chi connectivity index (χ1n) is 8.63. The maximum Gasteiger partial charge on any atom is 0.321 e. The monoisotopic (exact) mass is 388 g/mol. The summed E-state index contributed by atoms with van der Waals surface area (Å²) in [5, 5.41) is 3.55. The summed E-state index contributed by atoms with van der Waals surface area (Å²) < 4.78 is 27.7. The van der Waals surface area contributed by atoms with Crippen molar-refractivity contribution in [2.45, 2.75) is 6.92 Å². The van der Waals surface area contributed by atoms with Gasteiger partial charge in [-0.05, 0) is 30.7 Å². The van der Waals surface area contributed by atoms with Crippen LogP contribution in [0.2, 0.25) is 0 Å². The number of hydrogen-bond acceptors (Lipinski definition) is 4. The van der Waals surface area contributed by atoms with Gasteiger partial charge < -0.3 is 15.1 Å². The summed E-state index contributed by atoms with van der Waals surface area (Å²) in [6.45, 7) is 4.21. The molecule has 0 unspecified atom stereocenters. The maximum absolute atomic E-state index is 13.9. The fourth-order valence-electron chi connectivity index (χ4n) is 3.11. The number of amides is 2. The Morgan fingerprint density at radius 1 is 1.15 bits per heavy atom. The van der Waals surface area contributed by atoms with Crippen molar-refractivity contribution in [2.24, 2.45) is 0 Å². The van der Waals surface area contributed by atoms with Crippen LogP contribution in [0, 0.1) is 18.6 Å². The molecule has 0 radical (unpaired) electrons. The summed E-state index contributed by atoms with van der Waals surface area (Å²) >= 11 is 1.26. The summed E-state index contributed by atoms with van der Waals surface area (Å²) in [6.07, 6.45) is 0. The molecule has 1 aromatic heterocycles. The number of piperazine rings is 1. The molecule has 5 nitrogen and oxygen atoms in total. The Hall–Kier alpha value is -2.74. The van der Waals surface area contributed by atoms with Gasteiger partial charge in [-0.2, -0.15) is 0 Å². The number of benzene rings is 2. The van der Waals surface area contributed by atoms with Crippen LogP contribution in [-0.2, 0) is 0 Å².